The summed E-state index contributed by atoms with van der Waals surface area (Å²) in [6.45, 7) is 4.24. The van der Waals surface area contributed by atoms with Crippen LogP contribution < -0.4 is 10.6 Å². The third-order valence-electron chi connectivity index (χ3n) is 3.59. The summed E-state index contributed by atoms with van der Waals surface area (Å²) in [5, 5.41) is 6.15. The number of likely N-dealkylation sites (N-methyl/N-ethyl adjacent to an activating group) is 1. The van der Waals surface area contributed by atoms with Crippen molar-refractivity contribution in [3.05, 3.63) is 59.3 Å². The molecule has 0 aliphatic rings. The van der Waals surface area contributed by atoms with Gasteiger partial charge in [0.1, 0.15) is 5.82 Å². The van der Waals surface area contributed by atoms with E-state index < -0.39 is 0 Å². The van der Waals surface area contributed by atoms with Crippen LogP contribution in [0.1, 0.15) is 21.5 Å². The molecular weight excluding hydrogens is 288 g/mol. The summed E-state index contributed by atoms with van der Waals surface area (Å²) >= 11 is 0. The number of nitrogens with one attached hydrogen (secondary N) is 2. The zero-order valence-corrected chi connectivity index (χ0v) is 14.0. The maximum absolute atomic E-state index is 12.0. The number of anilines is 1. The van der Waals surface area contributed by atoms with Crippen LogP contribution in [0.3, 0.4) is 0 Å². The minimum absolute atomic E-state index is 0.0928. The van der Waals surface area contributed by atoms with Crippen LogP contribution in [-0.4, -0.2) is 43.0 Å². The highest BCUT2D eigenvalue weighted by Gasteiger charge is 2.06. The number of rotatable bonds is 7. The fourth-order valence-corrected chi connectivity index (χ4v) is 2.12. The van der Waals surface area contributed by atoms with Crippen LogP contribution in [0, 0.1) is 6.92 Å². The van der Waals surface area contributed by atoms with Crippen molar-refractivity contribution in [2.75, 3.05) is 32.5 Å². The molecule has 0 radical (unpaired) electrons. The van der Waals surface area contributed by atoms with Crippen LogP contribution >= 0.6 is 0 Å². The van der Waals surface area contributed by atoms with Crippen molar-refractivity contribution in [2.45, 2.75) is 13.5 Å². The number of aryl methyl sites for hydroxylation is 1. The number of carbonyl (C=O) groups excluding carboxylic acids is 1. The summed E-state index contributed by atoms with van der Waals surface area (Å²) in [6.07, 6.45) is 1.60. The fraction of sp³-hybridized carbons (Fsp3) is 0.333. The lowest BCUT2D eigenvalue weighted by Crippen LogP contribution is -2.31. The van der Waals surface area contributed by atoms with E-state index in [0.717, 1.165) is 12.4 Å². The lowest BCUT2D eigenvalue weighted by atomic mass is 10.1. The SMILES string of the molecule is Cc1ccccc1CNc1ccc(C(=O)NCCN(C)C)cn1. The number of amides is 1. The van der Waals surface area contributed by atoms with Crippen molar-refractivity contribution in [1.29, 1.82) is 0 Å². The highest BCUT2D eigenvalue weighted by molar-refractivity contribution is 5.94. The molecule has 122 valence electrons. The van der Waals surface area contributed by atoms with Crippen LogP contribution in [0.15, 0.2) is 42.6 Å². The zero-order valence-electron chi connectivity index (χ0n) is 14.0. The van der Waals surface area contributed by atoms with Gasteiger partial charge >= 0.3 is 0 Å². The number of hydrogen-bond acceptors (Lipinski definition) is 4. The minimum atomic E-state index is -0.0928. The Labute approximate surface area is 137 Å². The molecule has 0 aliphatic heterocycles. The number of carbonyl (C=O) groups is 1. The van der Waals surface area contributed by atoms with Gasteiger partial charge in [-0.15, -0.1) is 0 Å². The summed E-state index contributed by atoms with van der Waals surface area (Å²) in [5.41, 5.74) is 3.06. The summed E-state index contributed by atoms with van der Waals surface area (Å²) in [6, 6.07) is 11.9. The van der Waals surface area contributed by atoms with Gasteiger partial charge in [0.2, 0.25) is 0 Å². The van der Waals surface area contributed by atoms with E-state index in [9.17, 15) is 4.79 Å². The maximum atomic E-state index is 12.0. The number of benzene rings is 1. The van der Waals surface area contributed by atoms with Gasteiger partial charge in [-0.3, -0.25) is 4.79 Å². The monoisotopic (exact) mass is 312 g/mol. The first-order chi connectivity index (χ1) is 11.1. The number of aromatic nitrogens is 1. The first-order valence-corrected chi connectivity index (χ1v) is 7.73. The van der Waals surface area contributed by atoms with E-state index in [2.05, 4.69) is 34.7 Å². The van der Waals surface area contributed by atoms with Crippen LogP contribution in [0.2, 0.25) is 0 Å². The van der Waals surface area contributed by atoms with Crippen molar-refractivity contribution in [3.8, 4) is 0 Å². The van der Waals surface area contributed by atoms with Gasteiger partial charge in [-0.05, 0) is 44.3 Å². The molecule has 2 N–H and O–H groups in total. The van der Waals surface area contributed by atoms with Gasteiger partial charge in [-0.25, -0.2) is 4.98 Å². The molecule has 0 unspecified atom stereocenters. The molecule has 23 heavy (non-hydrogen) atoms. The number of pyridine rings is 1. The molecule has 0 atom stereocenters. The Morgan fingerprint density at radius 1 is 1.17 bits per heavy atom. The van der Waals surface area contributed by atoms with Crippen LogP contribution in [0.5, 0.6) is 0 Å². The molecular formula is C18H24N4O. The molecule has 0 saturated carbocycles. The third kappa shape index (κ3) is 5.38. The van der Waals surface area contributed by atoms with Gasteiger partial charge in [0, 0.05) is 25.8 Å². The van der Waals surface area contributed by atoms with E-state index in [0.29, 0.717) is 18.7 Å². The topological polar surface area (TPSA) is 57.3 Å². The van der Waals surface area contributed by atoms with Crippen LogP contribution in [0.4, 0.5) is 5.82 Å². The Hall–Kier alpha value is -2.40. The normalized spacial score (nSPS) is 10.6. The molecule has 0 saturated heterocycles. The smallest absolute Gasteiger partial charge is 0.252 e. The Balaban J connectivity index is 1.87. The summed E-state index contributed by atoms with van der Waals surface area (Å²) in [4.78, 5) is 18.3. The van der Waals surface area contributed by atoms with Crippen LogP contribution in [-0.2, 0) is 6.54 Å². The largest absolute Gasteiger partial charge is 0.366 e. The van der Waals surface area contributed by atoms with Crippen molar-refractivity contribution >= 4 is 11.7 Å². The summed E-state index contributed by atoms with van der Waals surface area (Å²) < 4.78 is 0. The van der Waals surface area contributed by atoms with Crippen LogP contribution in [0.25, 0.3) is 0 Å². The second-order valence-corrected chi connectivity index (χ2v) is 5.77. The average Bonchev–Trinajstić information content (AvgIpc) is 2.54. The first kappa shape index (κ1) is 17.0. The molecule has 0 spiro atoms. The minimum Gasteiger partial charge on any atom is -0.366 e. The Kier molecular flexibility index (Phi) is 6.11. The van der Waals surface area contributed by atoms with Gasteiger partial charge in [0.25, 0.3) is 5.91 Å². The van der Waals surface area contributed by atoms with Crippen molar-refractivity contribution < 1.29 is 4.79 Å². The second kappa shape index (κ2) is 8.29. The number of nitrogens with zero attached hydrogens (tertiary/aromatic N) is 2. The predicted molar refractivity (Wildman–Crippen MR) is 93.6 cm³/mol. The van der Waals surface area contributed by atoms with E-state index in [1.165, 1.54) is 11.1 Å². The molecule has 0 fully saturated rings. The van der Waals surface area contributed by atoms with Gasteiger partial charge in [-0.1, -0.05) is 24.3 Å². The van der Waals surface area contributed by atoms with E-state index in [1.807, 2.05) is 37.2 Å². The lowest BCUT2D eigenvalue weighted by molar-refractivity contribution is 0.0950. The lowest BCUT2D eigenvalue weighted by Gasteiger charge is -2.11. The van der Waals surface area contributed by atoms with E-state index in [-0.39, 0.29) is 5.91 Å². The second-order valence-electron chi connectivity index (χ2n) is 5.77. The molecule has 2 aromatic rings. The van der Waals surface area contributed by atoms with Crippen molar-refractivity contribution in [2.24, 2.45) is 0 Å². The highest BCUT2D eigenvalue weighted by atomic mass is 16.1. The van der Waals surface area contributed by atoms with E-state index in [1.54, 1.807) is 12.3 Å². The fourth-order valence-electron chi connectivity index (χ4n) is 2.12. The van der Waals surface area contributed by atoms with Gasteiger partial charge in [-0.2, -0.15) is 0 Å². The average molecular weight is 312 g/mol. The predicted octanol–water partition coefficient (Wildman–Crippen LogP) is 2.29. The van der Waals surface area contributed by atoms with Crippen molar-refractivity contribution in [3.63, 3.8) is 0 Å². The Bertz CT molecular complexity index is 638. The van der Waals surface area contributed by atoms with E-state index >= 15 is 0 Å². The molecule has 5 heteroatoms. The van der Waals surface area contributed by atoms with Gasteiger partial charge < -0.3 is 15.5 Å². The molecule has 1 heterocycles. The summed E-state index contributed by atoms with van der Waals surface area (Å²) in [5.74, 6) is 0.669. The standard InChI is InChI=1S/C18H24N4O/c1-14-6-4-5-7-15(14)12-20-17-9-8-16(13-21-17)18(23)19-10-11-22(2)3/h4-9,13H,10-12H2,1-3H3,(H,19,23)(H,20,21). The molecule has 0 bridgehead atoms. The maximum Gasteiger partial charge on any atom is 0.252 e. The third-order valence-corrected chi connectivity index (χ3v) is 3.59. The van der Waals surface area contributed by atoms with Crippen molar-refractivity contribution in [1.82, 2.24) is 15.2 Å². The quantitative estimate of drug-likeness (QED) is 0.823. The molecule has 1 aromatic heterocycles. The highest BCUT2D eigenvalue weighted by Crippen LogP contribution is 2.11. The molecule has 2 rings (SSSR count). The molecule has 1 aromatic carbocycles. The zero-order chi connectivity index (χ0) is 16.7. The molecule has 0 aliphatic carbocycles. The van der Waals surface area contributed by atoms with E-state index in [4.69, 9.17) is 0 Å². The summed E-state index contributed by atoms with van der Waals surface area (Å²) in [7, 11) is 3.95. The Morgan fingerprint density at radius 3 is 2.61 bits per heavy atom. The number of hydrogen-bond donors (Lipinski definition) is 2. The molecule has 5 nitrogen and oxygen atoms in total. The first-order valence-electron chi connectivity index (χ1n) is 7.73. The van der Waals surface area contributed by atoms with Gasteiger partial charge in [0.05, 0.1) is 5.56 Å². The Morgan fingerprint density at radius 2 is 1.96 bits per heavy atom. The van der Waals surface area contributed by atoms with Gasteiger partial charge in [0.15, 0.2) is 0 Å². The molecule has 1 amide bonds.